The van der Waals surface area contributed by atoms with E-state index in [1.54, 1.807) is 11.0 Å². The van der Waals surface area contributed by atoms with Crippen molar-refractivity contribution >= 4 is 34.8 Å². The number of hydrogen-bond acceptors (Lipinski definition) is 1. The van der Waals surface area contributed by atoms with Gasteiger partial charge in [-0.25, -0.2) is 4.79 Å². The summed E-state index contributed by atoms with van der Waals surface area (Å²) in [5.74, 6) is 0. The number of halogens is 2. The number of urea groups is 1. The summed E-state index contributed by atoms with van der Waals surface area (Å²) in [5.41, 5.74) is 2.94. The fourth-order valence-corrected chi connectivity index (χ4v) is 2.94. The first kappa shape index (κ1) is 15.9. The first-order valence-electron chi connectivity index (χ1n) is 7.39. The van der Waals surface area contributed by atoms with Gasteiger partial charge in [-0.05, 0) is 30.2 Å². The lowest BCUT2D eigenvalue weighted by molar-refractivity contribution is 0.212. The summed E-state index contributed by atoms with van der Waals surface area (Å²) in [5, 5.41) is 4.07. The molecule has 0 radical (unpaired) electrons. The molecule has 118 valence electrons. The first-order chi connectivity index (χ1) is 11.1. The molecule has 0 saturated heterocycles. The maximum atomic E-state index is 12.2. The van der Waals surface area contributed by atoms with E-state index >= 15 is 0 Å². The fourth-order valence-electron chi connectivity index (χ4n) is 2.65. The van der Waals surface area contributed by atoms with Crippen LogP contribution in [0, 0.1) is 0 Å². The Kier molecular flexibility index (Phi) is 4.60. The third-order valence-electron chi connectivity index (χ3n) is 3.86. The van der Waals surface area contributed by atoms with Crippen molar-refractivity contribution in [2.75, 3.05) is 6.54 Å². The van der Waals surface area contributed by atoms with Gasteiger partial charge in [-0.3, -0.25) is 0 Å². The molecule has 23 heavy (non-hydrogen) atoms. The summed E-state index contributed by atoms with van der Waals surface area (Å²) in [6.45, 7) is 2.53. The van der Waals surface area contributed by atoms with Crippen LogP contribution in [0.5, 0.6) is 0 Å². The molecule has 3 rings (SSSR count). The number of nitrogens with one attached hydrogen (secondary N) is 1. The molecule has 1 atom stereocenters. The second-order valence-electron chi connectivity index (χ2n) is 5.29. The summed E-state index contributed by atoms with van der Waals surface area (Å²) in [4.78, 5) is 13.9. The van der Waals surface area contributed by atoms with Crippen LogP contribution in [0.1, 0.15) is 24.1 Å². The maximum Gasteiger partial charge on any atom is 0.322 e. The van der Waals surface area contributed by atoms with Crippen molar-refractivity contribution in [3.05, 3.63) is 75.9 Å². The third kappa shape index (κ3) is 3.21. The second kappa shape index (κ2) is 6.65. The van der Waals surface area contributed by atoms with E-state index in [2.05, 4.69) is 5.32 Å². The highest BCUT2D eigenvalue weighted by molar-refractivity contribution is 6.42. The summed E-state index contributed by atoms with van der Waals surface area (Å²) in [6.07, 6.45) is 1.88. The average Bonchev–Trinajstić information content (AvgIpc) is 2.58. The molecule has 3 nitrogen and oxygen atoms in total. The number of carbonyl (C=O) groups is 1. The van der Waals surface area contributed by atoms with Gasteiger partial charge >= 0.3 is 6.03 Å². The molecule has 2 amide bonds. The highest BCUT2D eigenvalue weighted by Crippen LogP contribution is 2.35. The van der Waals surface area contributed by atoms with E-state index in [1.165, 1.54) is 0 Å². The minimum absolute atomic E-state index is 0.106. The molecular formula is C18H16Cl2N2O. The fraction of sp³-hybridized carbons (Fsp3) is 0.167. The summed E-state index contributed by atoms with van der Waals surface area (Å²) < 4.78 is 0. The molecule has 1 N–H and O–H groups in total. The second-order valence-corrected chi connectivity index (χ2v) is 6.11. The Morgan fingerprint density at radius 3 is 2.48 bits per heavy atom. The molecule has 0 saturated carbocycles. The van der Waals surface area contributed by atoms with Gasteiger partial charge in [-0.15, -0.1) is 0 Å². The zero-order valence-corrected chi connectivity index (χ0v) is 14.1. The molecule has 0 spiro atoms. The SMILES string of the molecule is CCN1C=C(c2ccc(Cl)c(Cl)c2)C(c2ccccc2)NC1=O. The Labute approximate surface area is 145 Å². The van der Waals surface area contributed by atoms with Crippen LogP contribution in [0.3, 0.4) is 0 Å². The smallest absolute Gasteiger partial charge is 0.322 e. The molecule has 0 bridgehead atoms. The Bertz CT molecular complexity index is 759. The highest BCUT2D eigenvalue weighted by atomic mass is 35.5. The molecule has 5 heteroatoms. The van der Waals surface area contributed by atoms with Crippen LogP contribution >= 0.6 is 23.2 Å². The van der Waals surface area contributed by atoms with Crippen LogP contribution < -0.4 is 5.32 Å². The van der Waals surface area contributed by atoms with Crippen LogP contribution in [0.15, 0.2) is 54.7 Å². The largest absolute Gasteiger partial charge is 0.327 e. The van der Waals surface area contributed by atoms with Gasteiger partial charge < -0.3 is 10.2 Å². The van der Waals surface area contributed by atoms with Crippen molar-refractivity contribution in [3.8, 4) is 0 Å². The number of nitrogens with zero attached hydrogens (tertiary/aromatic N) is 1. The van der Waals surface area contributed by atoms with Crippen molar-refractivity contribution in [2.45, 2.75) is 13.0 Å². The monoisotopic (exact) mass is 346 g/mol. The normalized spacial score (nSPS) is 17.7. The standard InChI is InChI=1S/C18H16Cl2N2O/c1-2-22-11-14(13-8-9-15(19)16(20)10-13)17(21-18(22)23)12-6-4-3-5-7-12/h3-11,17H,2H2,1H3,(H,21,23). The summed E-state index contributed by atoms with van der Waals surface area (Å²) >= 11 is 12.2. The van der Waals surface area contributed by atoms with Crippen LogP contribution in [-0.2, 0) is 0 Å². The lowest BCUT2D eigenvalue weighted by atomic mass is 9.92. The van der Waals surface area contributed by atoms with Crippen molar-refractivity contribution in [2.24, 2.45) is 0 Å². The van der Waals surface area contributed by atoms with Gasteiger partial charge in [-0.2, -0.15) is 0 Å². The number of rotatable bonds is 3. The van der Waals surface area contributed by atoms with Crippen molar-refractivity contribution in [1.29, 1.82) is 0 Å². The highest BCUT2D eigenvalue weighted by Gasteiger charge is 2.28. The zero-order chi connectivity index (χ0) is 16.4. The third-order valence-corrected chi connectivity index (χ3v) is 4.60. The van der Waals surface area contributed by atoms with Crippen molar-refractivity contribution in [1.82, 2.24) is 10.2 Å². The van der Waals surface area contributed by atoms with E-state index in [0.717, 1.165) is 16.7 Å². The number of hydrogen-bond donors (Lipinski definition) is 1. The molecule has 0 aromatic heterocycles. The average molecular weight is 347 g/mol. The van der Waals surface area contributed by atoms with Crippen molar-refractivity contribution < 1.29 is 4.79 Å². The van der Waals surface area contributed by atoms with Gasteiger partial charge in [0.2, 0.25) is 0 Å². The van der Waals surface area contributed by atoms with Crippen LogP contribution in [-0.4, -0.2) is 17.5 Å². The summed E-state index contributed by atoms with van der Waals surface area (Å²) in [7, 11) is 0. The lowest BCUT2D eigenvalue weighted by Crippen LogP contribution is -2.43. The minimum Gasteiger partial charge on any atom is -0.327 e. The molecule has 1 unspecified atom stereocenters. The van der Waals surface area contributed by atoms with Gasteiger partial charge in [0.1, 0.15) is 0 Å². The topological polar surface area (TPSA) is 32.3 Å². The van der Waals surface area contributed by atoms with Crippen LogP contribution in [0.25, 0.3) is 5.57 Å². The Balaban J connectivity index is 2.10. The number of amides is 2. The molecule has 0 aliphatic carbocycles. The number of carbonyl (C=O) groups excluding carboxylic acids is 1. The van der Waals surface area contributed by atoms with E-state index < -0.39 is 0 Å². The zero-order valence-electron chi connectivity index (χ0n) is 12.6. The number of benzene rings is 2. The molecule has 2 aromatic carbocycles. The molecule has 2 aromatic rings. The van der Waals surface area contributed by atoms with Crippen LogP contribution in [0.2, 0.25) is 10.0 Å². The maximum absolute atomic E-state index is 12.2. The quantitative estimate of drug-likeness (QED) is 0.821. The first-order valence-corrected chi connectivity index (χ1v) is 8.15. The predicted molar refractivity (Wildman–Crippen MR) is 94.5 cm³/mol. The van der Waals surface area contributed by atoms with E-state index in [0.29, 0.717) is 16.6 Å². The molecule has 1 aliphatic rings. The molecule has 1 heterocycles. The van der Waals surface area contributed by atoms with Crippen LogP contribution in [0.4, 0.5) is 4.79 Å². The predicted octanol–water partition coefficient (Wildman–Crippen LogP) is 5.12. The van der Waals surface area contributed by atoms with Crippen molar-refractivity contribution in [3.63, 3.8) is 0 Å². The molecule has 0 fully saturated rings. The van der Waals surface area contributed by atoms with E-state index in [4.69, 9.17) is 23.2 Å². The Hall–Kier alpha value is -1.97. The molecular weight excluding hydrogens is 331 g/mol. The van der Waals surface area contributed by atoms with Gasteiger partial charge in [0, 0.05) is 18.3 Å². The minimum atomic E-state index is -0.219. The Morgan fingerprint density at radius 2 is 1.83 bits per heavy atom. The summed E-state index contributed by atoms with van der Waals surface area (Å²) in [6, 6.07) is 15.1. The van der Waals surface area contributed by atoms with E-state index in [9.17, 15) is 4.79 Å². The van der Waals surface area contributed by atoms with Gasteiger partial charge in [0.25, 0.3) is 0 Å². The van der Waals surface area contributed by atoms with E-state index in [1.807, 2.05) is 55.6 Å². The van der Waals surface area contributed by atoms with E-state index in [-0.39, 0.29) is 12.1 Å². The van der Waals surface area contributed by atoms with Gasteiger partial charge in [-0.1, -0.05) is 59.6 Å². The van der Waals surface area contributed by atoms with Gasteiger partial charge in [0.05, 0.1) is 16.1 Å². The molecule has 1 aliphatic heterocycles. The Morgan fingerprint density at radius 1 is 1.09 bits per heavy atom. The lowest BCUT2D eigenvalue weighted by Gasteiger charge is -2.32. The van der Waals surface area contributed by atoms with Gasteiger partial charge in [0.15, 0.2) is 0 Å².